The molecule has 0 N–H and O–H groups in total. The van der Waals surface area contributed by atoms with Crippen LogP contribution in [0.2, 0.25) is 0 Å². The Labute approximate surface area is 170 Å². The Morgan fingerprint density at radius 3 is 1.63 bits per heavy atom. The highest BCUT2D eigenvalue weighted by Crippen LogP contribution is 2.15. The average molecular weight is 405 g/mol. The van der Waals surface area contributed by atoms with E-state index in [-0.39, 0.29) is 0 Å². The highest BCUT2D eigenvalue weighted by molar-refractivity contribution is 7.99. The van der Waals surface area contributed by atoms with Crippen LogP contribution < -0.4 is 9.80 Å². The first-order chi connectivity index (χ1) is 13.4. The van der Waals surface area contributed by atoms with Crippen LogP contribution in [0.25, 0.3) is 0 Å². The fourth-order valence-corrected chi connectivity index (χ4v) is 4.47. The lowest BCUT2D eigenvalue weighted by molar-refractivity contribution is 0.167. The quantitative estimate of drug-likeness (QED) is 0.761. The van der Waals surface area contributed by atoms with Gasteiger partial charge in [0.05, 0.1) is 13.2 Å². The smallest absolute Gasteiger partial charge is 0.128 e. The van der Waals surface area contributed by atoms with Crippen LogP contribution in [0, 0.1) is 0 Å². The molecule has 3 heterocycles. The first-order valence-electron chi connectivity index (χ1n) is 9.49. The van der Waals surface area contributed by atoms with Gasteiger partial charge in [-0.15, -0.1) is 0 Å². The van der Waals surface area contributed by atoms with Crippen LogP contribution in [0.1, 0.15) is 0 Å². The Morgan fingerprint density at radius 2 is 1.19 bits per heavy atom. The number of pyridine rings is 2. The van der Waals surface area contributed by atoms with Gasteiger partial charge < -0.3 is 14.5 Å². The van der Waals surface area contributed by atoms with Crippen molar-refractivity contribution in [1.29, 1.82) is 0 Å². The molecule has 146 valence electrons. The molecule has 1 aliphatic heterocycles. The molecule has 0 atom stereocenters. The molecule has 0 radical (unpaired) electrons. The van der Waals surface area contributed by atoms with Crippen molar-refractivity contribution in [2.24, 2.45) is 0 Å². The van der Waals surface area contributed by atoms with Gasteiger partial charge in [-0.25, -0.2) is 9.97 Å². The Kier molecular flexibility index (Phi) is 9.10. The second-order valence-electron chi connectivity index (χ2n) is 6.19. The van der Waals surface area contributed by atoms with Crippen LogP contribution in [0.5, 0.6) is 0 Å². The summed E-state index contributed by atoms with van der Waals surface area (Å²) in [6.07, 6.45) is 3.75. The van der Waals surface area contributed by atoms with E-state index >= 15 is 0 Å². The number of nitrogens with zero attached hydrogens (tertiary/aromatic N) is 4. The largest absolute Gasteiger partial charge is 0.380 e. The zero-order valence-corrected chi connectivity index (χ0v) is 17.3. The Morgan fingerprint density at radius 1 is 0.667 bits per heavy atom. The van der Waals surface area contributed by atoms with E-state index in [1.807, 2.05) is 48.1 Å². The summed E-state index contributed by atoms with van der Waals surface area (Å²) in [6.45, 7) is 5.55. The predicted molar refractivity (Wildman–Crippen MR) is 118 cm³/mol. The number of rotatable bonds is 2. The summed E-state index contributed by atoms with van der Waals surface area (Å²) in [5.41, 5.74) is 0. The molecule has 0 unspecified atom stereocenters. The minimum Gasteiger partial charge on any atom is -0.380 e. The molecule has 0 spiro atoms. The van der Waals surface area contributed by atoms with Crippen LogP contribution >= 0.6 is 23.5 Å². The van der Waals surface area contributed by atoms with Crippen LogP contribution in [0.3, 0.4) is 0 Å². The standard InChI is InChI=1S/C20H28N4OS2/c1-3-7-21-19(5-1)23-9-10-24(20-6-2-4-8-22-20)12-16-27-18-14-25-13-17-26-15-11-23/h1-8H,9-18H2. The number of thioether (sulfide) groups is 2. The fourth-order valence-electron chi connectivity index (χ4n) is 2.90. The lowest BCUT2D eigenvalue weighted by Crippen LogP contribution is -2.38. The molecule has 0 amide bonds. The van der Waals surface area contributed by atoms with Gasteiger partial charge >= 0.3 is 0 Å². The van der Waals surface area contributed by atoms with E-state index in [1.165, 1.54) is 0 Å². The molecule has 2 aromatic rings. The molecule has 27 heavy (non-hydrogen) atoms. The van der Waals surface area contributed by atoms with E-state index in [2.05, 4.69) is 44.0 Å². The van der Waals surface area contributed by atoms with Gasteiger partial charge in [-0.05, 0) is 24.3 Å². The molecule has 0 saturated carbocycles. The van der Waals surface area contributed by atoms with Gasteiger partial charge in [0.2, 0.25) is 0 Å². The Hall–Kier alpha value is -1.44. The minimum atomic E-state index is 0.842. The first kappa shape index (κ1) is 20.3. The van der Waals surface area contributed by atoms with E-state index in [0.717, 1.165) is 74.0 Å². The van der Waals surface area contributed by atoms with E-state index in [1.54, 1.807) is 0 Å². The number of ether oxygens (including phenoxy) is 1. The summed E-state index contributed by atoms with van der Waals surface area (Å²) in [7, 11) is 0. The van der Waals surface area contributed by atoms with Crippen LogP contribution in [0.15, 0.2) is 48.8 Å². The molecule has 0 bridgehead atoms. The maximum atomic E-state index is 5.74. The number of aromatic nitrogens is 2. The molecule has 2 aromatic heterocycles. The molecule has 0 aromatic carbocycles. The SMILES string of the molecule is c1ccc(N2CCSCCOCCSCCN(c3ccccn3)CC2)nc1. The molecule has 0 aliphatic carbocycles. The van der Waals surface area contributed by atoms with Crippen molar-refractivity contribution < 1.29 is 4.74 Å². The van der Waals surface area contributed by atoms with Crippen molar-refractivity contribution in [3.8, 4) is 0 Å². The van der Waals surface area contributed by atoms with Gasteiger partial charge in [0.15, 0.2) is 0 Å². The minimum absolute atomic E-state index is 0.842. The highest BCUT2D eigenvalue weighted by Gasteiger charge is 2.13. The number of hydrogen-bond acceptors (Lipinski definition) is 7. The van der Waals surface area contributed by atoms with E-state index in [4.69, 9.17) is 4.74 Å². The summed E-state index contributed by atoms with van der Waals surface area (Å²) < 4.78 is 5.74. The first-order valence-corrected chi connectivity index (χ1v) is 11.8. The molecule has 1 aliphatic rings. The van der Waals surface area contributed by atoms with Crippen LogP contribution in [0.4, 0.5) is 11.6 Å². The van der Waals surface area contributed by atoms with Crippen molar-refractivity contribution >= 4 is 35.2 Å². The third-order valence-corrected chi connectivity index (χ3v) is 6.19. The molecule has 7 heteroatoms. The van der Waals surface area contributed by atoms with Crippen molar-refractivity contribution in [2.45, 2.75) is 0 Å². The van der Waals surface area contributed by atoms with Gasteiger partial charge in [-0.3, -0.25) is 0 Å². The van der Waals surface area contributed by atoms with Crippen LogP contribution in [-0.4, -0.2) is 72.4 Å². The summed E-state index contributed by atoms with van der Waals surface area (Å²) >= 11 is 3.91. The maximum absolute atomic E-state index is 5.74. The summed E-state index contributed by atoms with van der Waals surface area (Å²) in [5, 5.41) is 0. The van der Waals surface area contributed by atoms with Gasteiger partial charge in [-0.1, -0.05) is 12.1 Å². The fraction of sp³-hybridized carbons (Fsp3) is 0.500. The molecule has 1 saturated heterocycles. The van der Waals surface area contributed by atoms with Gasteiger partial charge in [0.25, 0.3) is 0 Å². The summed E-state index contributed by atoms with van der Waals surface area (Å²) in [5.74, 6) is 6.38. The number of anilines is 2. The Bertz CT molecular complexity index is 577. The topological polar surface area (TPSA) is 41.5 Å². The molecule has 3 rings (SSSR count). The zero-order chi connectivity index (χ0) is 18.6. The molecular weight excluding hydrogens is 376 g/mol. The summed E-state index contributed by atoms with van der Waals surface area (Å²) in [4.78, 5) is 13.9. The van der Waals surface area contributed by atoms with Gasteiger partial charge in [0.1, 0.15) is 11.6 Å². The van der Waals surface area contributed by atoms with E-state index in [9.17, 15) is 0 Å². The van der Waals surface area contributed by atoms with Crippen LogP contribution in [-0.2, 0) is 4.74 Å². The van der Waals surface area contributed by atoms with E-state index < -0.39 is 0 Å². The van der Waals surface area contributed by atoms with Crippen molar-refractivity contribution in [1.82, 2.24) is 9.97 Å². The van der Waals surface area contributed by atoms with Crippen molar-refractivity contribution in [3.05, 3.63) is 48.8 Å². The van der Waals surface area contributed by atoms with Gasteiger partial charge in [0, 0.05) is 61.6 Å². The van der Waals surface area contributed by atoms with Gasteiger partial charge in [-0.2, -0.15) is 23.5 Å². The monoisotopic (exact) mass is 404 g/mol. The van der Waals surface area contributed by atoms with Crippen molar-refractivity contribution in [2.75, 3.05) is 72.2 Å². The lowest BCUT2D eigenvalue weighted by atomic mass is 10.3. The predicted octanol–water partition coefficient (Wildman–Crippen LogP) is 3.29. The Balaban J connectivity index is 1.69. The third kappa shape index (κ3) is 7.24. The summed E-state index contributed by atoms with van der Waals surface area (Å²) in [6, 6.07) is 12.3. The molecule has 5 nitrogen and oxygen atoms in total. The zero-order valence-electron chi connectivity index (χ0n) is 15.7. The van der Waals surface area contributed by atoms with Crippen molar-refractivity contribution in [3.63, 3.8) is 0 Å². The maximum Gasteiger partial charge on any atom is 0.128 e. The lowest BCUT2D eigenvalue weighted by Gasteiger charge is -2.29. The molecule has 1 fully saturated rings. The highest BCUT2D eigenvalue weighted by atomic mass is 32.2. The normalized spacial score (nSPS) is 18.5. The second-order valence-corrected chi connectivity index (χ2v) is 8.64. The average Bonchev–Trinajstić information content (AvgIpc) is 2.74. The third-order valence-electron chi connectivity index (χ3n) is 4.34. The number of hydrogen-bond donors (Lipinski definition) is 0. The molecular formula is C20H28N4OS2. The van der Waals surface area contributed by atoms with E-state index in [0.29, 0.717) is 0 Å². The second kappa shape index (κ2) is 12.1.